The number of hydrogen-bond acceptors (Lipinski definition) is 2. The summed E-state index contributed by atoms with van der Waals surface area (Å²) in [5, 5.41) is 5.58. The van der Waals surface area contributed by atoms with Crippen molar-refractivity contribution in [2.45, 2.75) is 104 Å². The van der Waals surface area contributed by atoms with Gasteiger partial charge >= 0.3 is 292 Å². The van der Waals surface area contributed by atoms with E-state index >= 15 is 17.6 Å². The summed E-state index contributed by atoms with van der Waals surface area (Å²) >= 11 is -5.16. The molecule has 6 rings (SSSR count). The molecule has 4 aliphatic rings. The van der Waals surface area contributed by atoms with Crippen molar-refractivity contribution in [3.8, 4) is 0 Å². The first-order chi connectivity index (χ1) is 23.6. The van der Waals surface area contributed by atoms with Crippen LogP contribution in [-0.2, 0) is 26.2 Å². The Labute approximate surface area is 290 Å². The predicted molar refractivity (Wildman–Crippen MR) is 185 cm³/mol. The number of carbonyl (C=O) groups is 2. The molecule has 0 heterocycles. The number of allylic oxidation sites excluding steroid dienone is 8. The van der Waals surface area contributed by atoms with E-state index in [9.17, 15) is 9.59 Å². The van der Waals surface area contributed by atoms with E-state index in [1.54, 1.807) is 24.3 Å². The molecule has 9 heteroatoms. The molecule has 0 bridgehead atoms. The summed E-state index contributed by atoms with van der Waals surface area (Å²) in [5.41, 5.74) is -1.71. The minimum atomic E-state index is -5.16. The van der Waals surface area contributed by atoms with Gasteiger partial charge < -0.3 is 0 Å². The monoisotopic (exact) mass is 710 g/mol. The fraction of sp³-hybridized carbons (Fsp3) is 0.450. The Morgan fingerprint density at radius 1 is 0.633 bits per heavy atom. The number of hydrogen-bond donors (Lipinski definition) is 2. The fourth-order valence-corrected chi connectivity index (χ4v) is 17.1. The Morgan fingerprint density at radius 3 is 1.35 bits per heavy atom. The van der Waals surface area contributed by atoms with Crippen LogP contribution in [0, 0.1) is 34.1 Å². The summed E-state index contributed by atoms with van der Waals surface area (Å²) in [7, 11) is 0. The molecule has 2 aromatic carbocycles. The molecule has 0 atom stereocenters. The van der Waals surface area contributed by atoms with Crippen molar-refractivity contribution in [3.63, 3.8) is 0 Å². The zero-order chi connectivity index (χ0) is 34.8. The van der Waals surface area contributed by atoms with Crippen molar-refractivity contribution in [1.29, 1.82) is 0 Å². The maximum atomic E-state index is 17.3. The molecular formula is C40H46F4N2O2Ti. The van der Waals surface area contributed by atoms with Crippen molar-refractivity contribution in [1.82, 2.24) is 0 Å². The van der Waals surface area contributed by atoms with Gasteiger partial charge in [-0.3, -0.25) is 0 Å². The van der Waals surface area contributed by atoms with Gasteiger partial charge in [-0.2, -0.15) is 0 Å². The summed E-state index contributed by atoms with van der Waals surface area (Å²) in [6.45, 7) is 3.90. The van der Waals surface area contributed by atoms with E-state index in [1.165, 1.54) is 12.1 Å². The molecule has 0 unspecified atom stereocenters. The quantitative estimate of drug-likeness (QED) is 0.191. The molecule has 0 aromatic heterocycles. The Bertz CT molecular complexity index is 1620. The first-order valence-electron chi connectivity index (χ1n) is 18.0. The third-order valence-corrected chi connectivity index (χ3v) is 19.8. The molecule has 2 aromatic rings. The molecule has 0 radical (unpaired) electrons. The first-order valence-corrected chi connectivity index (χ1v) is 21.1. The molecule has 4 nitrogen and oxygen atoms in total. The van der Waals surface area contributed by atoms with Gasteiger partial charge in [0.15, 0.2) is 0 Å². The second-order valence-electron chi connectivity index (χ2n) is 14.3. The molecule has 4 aliphatic carbocycles. The summed E-state index contributed by atoms with van der Waals surface area (Å²) in [4.78, 5) is 27.6. The van der Waals surface area contributed by atoms with Gasteiger partial charge in [0.05, 0.1) is 0 Å². The molecule has 0 saturated heterocycles. The van der Waals surface area contributed by atoms with E-state index in [0.29, 0.717) is 46.3 Å². The normalized spacial score (nSPS) is 19.8. The van der Waals surface area contributed by atoms with Gasteiger partial charge in [-0.15, -0.1) is 0 Å². The fourth-order valence-electron chi connectivity index (χ4n) is 8.86. The van der Waals surface area contributed by atoms with Crippen LogP contribution in [0.2, 0.25) is 0 Å². The van der Waals surface area contributed by atoms with Gasteiger partial charge in [-0.05, 0) is 0 Å². The van der Waals surface area contributed by atoms with Crippen molar-refractivity contribution in [2.75, 3.05) is 10.6 Å². The number of amides is 2. The first kappa shape index (κ1) is 35.6. The second-order valence-corrected chi connectivity index (χ2v) is 20.2. The van der Waals surface area contributed by atoms with Crippen LogP contribution in [0.1, 0.15) is 104 Å². The molecule has 49 heavy (non-hydrogen) atoms. The van der Waals surface area contributed by atoms with Crippen molar-refractivity contribution in [3.05, 3.63) is 91.7 Å². The third kappa shape index (κ3) is 6.22. The van der Waals surface area contributed by atoms with Crippen LogP contribution in [0.5, 0.6) is 0 Å². The van der Waals surface area contributed by atoms with Crippen LogP contribution in [-0.4, -0.2) is 11.8 Å². The van der Waals surface area contributed by atoms with Crippen LogP contribution in [0.25, 0.3) is 0 Å². The number of rotatable bonds is 10. The van der Waals surface area contributed by atoms with Gasteiger partial charge in [0.25, 0.3) is 0 Å². The predicted octanol–water partition coefficient (Wildman–Crippen LogP) is 9.63. The van der Waals surface area contributed by atoms with Crippen LogP contribution in [0.15, 0.2) is 68.5 Å². The molecule has 2 saturated carbocycles. The standard InChI is InChI=1S/2C15H18F2NO.2C5H5.Ti/c2*1-2-15(8-4-3-5-9-15)14(19)18-13-7-6-11(16)10-12(13)17;2*1-2-4-5-3-1;/h2*6-7H,2-5,8-9H2,1H3,(H,18,19);2*1-3H,4H2;. The van der Waals surface area contributed by atoms with E-state index in [1.807, 2.05) is 26.0 Å². The Kier molecular flexibility index (Phi) is 10.6. The van der Waals surface area contributed by atoms with Crippen molar-refractivity contribution < 1.29 is 43.7 Å². The average Bonchev–Trinajstić information content (AvgIpc) is 3.87. The molecule has 2 fully saturated rings. The van der Waals surface area contributed by atoms with E-state index < -0.39 is 50.7 Å². The Morgan fingerprint density at radius 2 is 1.02 bits per heavy atom. The van der Waals surface area contributed by atoms with E-state index in [-0.39, 0.29) is 43.8 Å². The molecule has 2 N–H and O–H groups in total. The van der Waals surface area contributed by atoms with Crippen LogP contribution < -0.4 is 18.4 Å². The molecule has 0 spiro atoms. The van der Waals surface area contributed by atoms with Gasteiger partial charge in [-0.25, -0.2) is 0 Å². The van der Waals surface area contributed by atoms with Crippen molar-refractivity contribution in [2.24, 2.45) is 10.8 Å². The number of anilines is 2. The summed E-state index contributed by atoms with van der Waals surface area (Å²) in [6.07, 6.45) is 20.7. The van der Waals surface area contributed by atoms with Gasteiger partial charge in [-0.1, -0.05) is 0 Å². The average molecular weight is 711 g/mol. The number of benzene rings is 2. The third-order valence-electron chi connectivity index (χ3n) is 11.9. The molecular weight excluding hydrogens is 664 g/mol. The number of halogens is 4. The molecule has 2 amide bonds. The van der Waals surface area contributed by atoms with E-state index in [4.69, 9.17) is 0 Å². The Hall–Kier alpha value is -3.23. The van der Waals surface area contributed by atoms with E-state index in [0.717, 1.165) is 50.7 Å². The summed E-state index contributed by atoms with van der Waals surface area (Å²) in [6, 6.07) is 4.64. The molecule has 260 valence electrons. The van der Waals surface area contributed by atoms with Crippen LogP contribution in [0.3, 0.4) is 0 Å². The zero-order valence-electron chi connectivity index (χ0n) is 28.5. The number of nitrogens with one attached hydrogen (secondary N) is 2. The zero-order valence-corrected chi connectivity index (χ0v) is 30.1. The SMILES string of the molecule is CCC1(C(=O)Nc2ccc(F)[c]([Ti]([C]3=CC=CC3)([C]3=CC=CC3)[c]3c(F)ccc(NC(=O)C4(CC)CCCCC4)c3F)c2F)CCCCC1. The van der Waals surface area contributed by atoms with Gasteiger partial charge in [0, 0.05) is 0 Å². The topological polar surface area (TPSA) is 58.2 Å². The maximum absolute atomic E-state index is 17.3. The summed E-state index contributed by atoms with van der Waals surface area (Å²) in [5.74, 6) is -4.48. The Balaban J connectivity index is 1.54. The van der Waals surface area contributed by atoms with E-state index in [2.05, 4.69) is 10.6 Å². The van der Waals surface area contributed by atoms with Crippen molar-refractivity contribution >= 4 is 30.9 Å². The number of carbonyl (C=O) groups excluding carboxylic acids is 2. The van der Waals surface area contributed by atoms with Gasteiger partial charge in [0.1, 0.15) is 0 Å². The van der Waals surface area contributed by atoms with Crippen LogP contribution >= 0.6 is 0 Å². The van der Waals surface area contributed by atoms with Crippen LogP contribution in [0.4, 0.5) is 28.9 Å². The van der Waals surface area contributed by atoms with Gasteiger partial charge in [0.2, 0.25) is 0 Å². The molecule has 0 aliphatic heterocycles. The summed E-state index contributed by atoms with van der Waals surface area (Å²) < 4.78 is 68.0. The second kappa shape index (κ2) is 14.6. The minimum absolute atomic E-state index is 0.194.